The minimum atomic E-state index is 0.467. The normalized spacial score (nSPS) is 19.8. The summed E-state index contributed by atoms with van der Waals surface area (Å²) < 4.78 is 2.07. The third-order valence-corrected chi connectivity index (χ3v) is 5.14. The second kappa shape index (κ2) is 5.55. The van der Waals surface area contributed by atoms with E-state index in [9.17, 15) is 0 Å². The first-order valence-corrected chi connectivity index (χ1v) is 7.87. The molecular formula is C14H23BrN2. The lowest BCUT2D eigenvalue weighted by Crippen LogP contribution is -2.28. The molecule has 1 saturated carbocycles. The molecule has 0 saturated heterocycles. The number of hydrogen-bond acceptors (Lipinski definition) is 1. The molecule has 0 atom stereocenters. The maximum absolute atomic E-state index is 4.69. The Bertz CT molecular complexity index is 351. The summed E-state index contributed by atoms with van der Waals surface area (Å²) in [6, 6.07) is 2.66. The maximum atomic E-state index is 4.69. The van der Waals surface area contributed by atoms with Crippen molar-refractivity contribution in [1.29, 1.82) is 0 Å². The Morgan fingerprint density at radius 3 is 2.59 bits per heavy atom. The molecule has 1 fully saturated rings. The first-order valence-electron chi connectivity index (χ1n) is 6.75. The fraction of sp³-hybridized carbons (Fsp3) is 0.786. The molecule has 0 N–H and O–H groups in total. The van der Waals surface area contributed by atoms with E-state index >= 15 is 0 Å². The Hall–Kier alpha value is -0.310. The largest absolute Gasteiger partial charge is 0.270 e. The van der Waals surface area contributed by atoms with Crippen molar-refractivity contribution in [1.82, 2.24) is 9.78 Å². The van der Waals surface area contributed by atoms with Crippen molar-refractivity contribution in [2.45, 2.75) is 58.4 Å². The predicted octanol–water partition coefficient (Wildman–Crippen LogP) is 4.35. The second-order valence-electron chi connectivity index (χ2n) is 5.75. The highest BCUT2D eigenvalue weighted by Gasteiger charge is 2.31. The van der Waals surface area contributed by atoms with Gasteiger partial charge in [0.1, 0.15) is 0 Å². The molecule has 1 aromatic heterocycles. The summed E-state index contributed by atoms with van der Waals surface area (Å²) in [5.41, 5.74) is 1.73. The molecule has 0 amide bonds. The van der Waals surface area contributed by atoms with Gasteiger partial charge in [-0.2, -0.15) is 5.10 Å². The number of hydrogen-bond donors (Lipinski definition) is 0. The summed E-state index contributed by atoms with van der Waals surface area (Å²) in [6.07, 6.45) is 10.1. The number of nitrogens with zero attached hydrogens (tertiary/aromatic N) is 2. The van der Waals surface area contributed by atoms with Crippen molar-refractivity contribution in [2.75, 3.05) is 5.33 Å². The smallest absolute Gasteiger partial charge is 0.0630 e. The molecule has 0 unspecified atom stereocenters. The van der Waals surface area contributed by atoms with Gasteiger partial charge in [-0.1, -0.05) is 35.2 Å². The fourth-order valence-corrected chi connectivity index (χ4v) is 3.56. The van der Waals surface area contributed by atoms with E-state index in [4.69, 9.17) is 5.10 Å². The fourth-order valence-electron chi connectivity index (χ4n) is 2.80. The lowest BCUT2D eigenvalue weighted by molar-refractivity contribution is 0.220. The Morgan fingerprint density at radius 2 is 2.06 bits per heavy atom. The van der Waals surface area contributed by atoms with E-state index in [2.05, 4.69) is 46.7 Å². The molecule has 0 aliphatic heterocycles. The standard InChI is InChI=1S/C14H23BrN2/c1-12(2)17-9-6-13(16-17)10-14(11-15)7-4-3-5-8-14/h6,9,12H,3-5,7-8,10-11H2,1-2H3. The molecule has 96 valence electrons. The minimum absolute atomic E-state index is 0.467. The highest BCUT2D eigenvalue weighted by molar-refractivity contribution is 9.09. The maximum Gasteiger partial charge on any atom is 0.0630 e. The summed E-state index contributed by atoms with van der Waals surface area (Å²) in [5.74, 6) is 0. The van der Waals surface area contributed by atoms with Gasteiger partial charge in [-0.25, -0.2) is 0 Å². The van der Waals surface area contributed by atoms with Crippen LogP contribution in [0.4, 0.5) is 0 Å². The SMILES string of the molecule is CC(C)n1ccc(CC2(CBr)CCCCC2)n1. The summed E-state index contributed by atoms with van der Waals surface area (Å²) in [6.45, 7) is 4.36. The van der Waals surface area contributed by atoms with Crippen LogP contribution in [0.1, 0.15) is 57.7 Å². The lowest BCUT2D eigenvalue weighted by atomic mass is 9.73. The van der Waals surface area contributed by atoms with Crippen molar-refractivity contribution in [3.05, 3.63) is 18.0 Å². The molecule has 0 aromatic carbocycles. The predicted molar refractivity (Wildman–Crippen MR) is 75.6 cm³/mol. The quantitative estimate of drug-likeness (QED) is 0.756. The summed E-state index contributed by atoms with van der Waals surface area (Å²) in [4.78, 5) is 0. The van der Waals surface area contributed by atoms with E-state index in [1.165, 1.54) is 37.8 Å². The van der Waals surface area contributed by atoms with E-state index < -0.39 is 0 Å². The van der Waals surface area contributed by atoms with Crippen LogP contribution in [0.5, 0.6) is 0 Å². The molecule has 2 rings (SSSR count). The monoisotopic (exact) mass is 298 g/mol. The van der Waals surface area contributed by atoms with Crippen LogP contribution < -0.4 is 0 Å². The molecule has 1 aromatic rings. The van der Waals surface area contributed by atoms with Crippen LogP contribution in [-0.4, -0.2) is 15.1 Å². The molecule has 0 bridgehead atoms. The third-order valence-electron chi connectivity index (χ3n) is 3.95. The Morgan fingerprint density at radius 1 is 1.35 bits per heavy atom. The lowest BCUT2D eigenvalue weighted by Gasteiger charge is -2.35. The molecule has 0 radical (unpaired) electrons. The minimum Gasteiger partial charge on any atom is -0.270 e. The van der Waals surface area contributed by atoms with Gasteiger partial charge >= 0.3 is 0 Å². The van der Waals surface area contributed by atoms with Crippen LogP contribution in [0.25, 0.3) is 0 Å². The first kappa shape index (κ1) is 13.1. The third kappa shape index (κ3) is 3.12. The molecule has 1 aliphatic carbocycles. The zero-order valence-electron chi connectivity index (χ0n) is 11.0. The summed E-state index contributed by atoms with van der Waals surface area (Å²) in [7, 11) is 0. The molecule has 1 aliphatic rings. The van der Waals surface area contributed by atoms with Crippen LogP contribution in [0.3, 0.4) is 0 Å². The van der Waals surface area contributed by atoms with E-state index in [0.717, 1.165) is 11.8 Å². The summed E-state index contributed by atoms with van der Waals surface area (Å²) in [5, 5.41) is 5.81. The van der Waals surface area contributed by atoms with Gasteiger partial charge in [0.15, 0.2) is 0 Å². The van der Waals surface area contributed by atoms with Crippen molar-refractivity contribution in [3.8, 4) is 0 Å². The number of halogens is 1. The van der Waals surface area contributed by atoms with E-state index in [1.54, 1.807) is 0 Å². The van der Waals surface area contributed by atoms with Gasteiger partial charge in [0.25, 0.3) is 0 Å². The van der Waals surface area contributed by atoms with Crippen molar-refractivity contribution in [2.24, 2.45) is 5.41 Å². The highest BCUT2D eigenvalue weighted by atomic mass is 79.9. The van der Waals surface area contributed by atoms with Gasteiger partial charge < -0.3 is 0 Å². The molecule has 2 nitrogen and oxygen atoms in total. The van der Waals surface area contributed by atoms with Gasteiger partial charge in [0.05, 0.1) is 5.69 Å². The van der Waals surface area contributed by atoms with Crippen LogP contribution in [0.2, 0.25) is 0 Å². The molecule has 17 heavy (non-hydrogen) atoms. The Balaban J connectivity index is 2.06. The van der Waals surface area contributed by atoms with Crippen LogP contribution in [0, 0.1) is 5.41 Å². The van der Waals surface area contributed by atoms with Gasteiger partial charge in [-0.05, 0) is 44.6 Å². The molecule has 3 heteroatoms. The van der Waals surface area contributed by atoms with Gasteiger partial charge in [-0.3, -0.25) is 4.68 Å². The van der Waals surface area contributed by atoms with Crippen molar-refractivity contribution in [3.63, 3.8) is 0 Å². The molecular weight excluding hydrogens is 276 g/mol. The topological polar surface area (TPSA) is 17.8 Å². The van der Waals surface area contributed by atoms with Crippen LogP contribution in [-0.2, 0) is 6.42 Å². The second-order valence-corrected chi connectivity index (χ2v) is 6.31. The van der Waals surface area contributed by atoms with Crippen molar-refractivity contribution < 1.29 is 0 Å². The van der Waals surface area contributed by atoms with Gasteiger partial charge in [-0.15, -0.1) is 0 Å². The van der Waals surface area contributed by atoms with Crippen LogP contribution in [0.15, 0.2) is 12.3 Å². The average molecular weight is 299 g/mol. The molecule has 0 spiro atoms. The zero-order chi connectivity index (χ0) is 12.3. The Labute approximate surface area is 113 Å². The summed E-state index contributed by atoms with van der Waals surface area (Å²) >= 11 is 3.73. The highest BCUT2D eigenvalue weighted by Crippen LogP contribution is 2.40. The number of alkyl halides is 1. The van der Waals surface area contributed by atoms with E-state index in [0.29, 0.717) is 11.5 Å². The number of rotatable bonds is 4. The Kier molecular flexibility index (Phi) is 4.29. The van der Waals surface area contributed by atoms with Crippen LogP contribution >= 0.6 is 15.9 Å². The number of aromatic nitrogens is 2. The average Bonchev–Trinajstić information content (AvgIpc) is 2.79. The van der Waals surface area contributed by atoms with Crippen molar-refractivity contribution >= 4 is 15.9 Å². The zero-order valence-corrected chi connectivity index (χ0v) is 12.5. The molecule has 1 heterocycles. The van der Waals surface area contributed by atoms with Gasteiger partial charge in [0.2, 0.25) is 0 Å². The van der Waals surface area contributed by atoms with Gasteiger partial charge in [0, 0.05) is 17.6 Å². The van der Waals surface area contributed by atoms with E-state index in [-0.39, 0.29) is 0 Å². The first-order chi connectivity index (χ1) is 8.15. The van der Waals surface area contributed by atoms with E-state index in [1.807, 2.05) is 0 Å².